The summed E-state index contributed by atoms with van der Waals surface area (Å²) in [6.07, 6.45) is -1.43. The third kappa shape index (κ3) is 2.16. The van der Waals surface area contributed by atoms with Gasteiger partial charge in [0, 0.05) is 18.2 Å². The number of benzene rings is 1. The highest BCUT2D eigenvalue weighted by Gasteiger charge is 2.28. The molecule has 2 nitrogen and oxygen atoms in total. The molecule has 88 valence electrons. The van der Waals surface area contributed by atoms with Gasteiger partial charge in [0.15, 0.2) is 0 Å². The summed E-state index contributed by atoms with van der Waals surface area (Å²) in [6.45, 7) is 1.08. The van der Waals surface area contributed by atoms with E-state index in [-0.39, 0.29) is 6.54 Å². The Morgan fingerprint density at radius 1 is 1.38 bits per heavy atom. The maximum atomic E-state index is 12.4. The topological polar surface area (TPSA) is 29.3 Å². The zero-order chi connectivity index (χ0) is 11.5. The number of anilines is 1. The molecule has 0 aromatic heterocycles. The molecule has 1 aliphatic rings. The van der Waals surface area contributed by atoms with Crippen LogP contribution in [0.3, 0.4) is 0 Å². The van der Waals surface area contributed by atoms with E-state index < -0.39 is 6.43 Å². The first-order valence-electron chi connectivity index (χ1n) is 5.54. The number of rotatable bonds is 4. The molecule has 1 aliphatic heterocycles. The fourth-order valence-electron chi connectivity index (χ4n) is 2.37. The summed E-state index contributed by atoms with van der Waals surface area (Å²) in [5.41, 5.74) is 7.65. The van der Waals surface area contributed by atoms with Crippen molar-refractivity contribution in [2.75, 3.05) is 24.5 Å². The van der Waals surface area contributed by atoms with Crippen LogP contribution < -0.4 is 10.6 Å². The van der Waals surface area contributed by atoms with Crippen LogP contribution in [0.25, 0.3) is 0 Å². The lowest BCUT2D eigenvalue weighted by molar-refractivity contribution is 0.155. The molecule has 4 heteroatoms. The van der Waals surface area contributed by atoms with E-state index >= 15 is 0 Å². The number of nitrogens with two attached hydrogens (primary N) is 1. The summed E-state index contributed by atoms with van der Waals surface area (Å²) in [4.78, 5) is 1.76. The van der Waals surface area contributed by atoms with Crippen molar-refractivity contribution in [1.29, 1.82) is 0 Å². The minimum Gasteiger partial charge on any atom is -0.365 e. The standard InChI is InChI=1S/C12H16F2N2/c13-12(14)8-16-7-9(5-6-15)10-3-1-2-4-11(10)16/h1-4,9,12H,5-8,15H2. The molecule has 0 fully saturated rings. The van der Waals surface area contributed by atoms with Crippen LogP contribution in [0.5, 0.6) is 0 Å². The number of halogens is 2. The summed E-state index contributed by atoms with van der Waals surface area (Å²) in [7, 11) is 0. The van der Waals surface area contributed by atoms with Gasteiger partial charge in [0.25, 0.3) is 6.43 Å². The second kappa shape index (κ2) is 4.78. The van der Waals surface area contributed by atoms with Gasteiger partial charge in [-0.2, -0.15) is 0 Å². The predicted molar refractivity (Wildman–Crippen MR) is 61.1 cm³/mol. The maximum Gasteiger partial charge on any atom is 0.255 e. The summed E-state index contributed by atoms with van der Waals surface area (Å²) in [5.74, 6) is 0.306. The van der Waals surface area contributed by atoms with E-state index in [1.54, 1.807) is 4.90 Å². The molecule has 1 heterocycles. The van der Waals surface area contributed by atoms with Crippen LogP contribution >= 0.6 is 0 Å². The van der Waals surface area contributed by atoms with E-state index in [1.807, 2.05) is 24.3 Å². The van der Waals surface area contributed by atoms with E-state index in [9.17, 15) is 8.78 Å². The summed E-state index contributed by atoms with van der Waals surface area (Å²) in [5, 5.41) is 0. The third-order valence-corrected chi connectivity index (χ3v) is 3.03. The van der Waals surface area contributed by atoms with Crippen LogP contribution in [-0.4, -0.2) is 26.1 Å². The van der Waals surface area contributed by atoms with Crippen LogP contribution in [0, 0.1) is 0 Å². The first-order chi connectivity index (χ1) is 7.72. The summed E-state index contributed by atoms with van der Waals surface area (Å²) < 4.78 is 24.9. The highest BCUT2D eigenvalue weighted by Crippen LogP contribution is 2.37. The molecular formula is C12H16F2N2. The average molecular weight is 226 g/mol. The van der Waals surface area contributed by atoms with Gasteiger partial charge in [-0.05, 0) is 24.6 Å². The molecule has 0 spiro atoms. The van der Waals surface area contributed by atoms with Crippen LogP contribution in [0.15, 0.2) is 24.3 Å². The third-order valence-electron chi connectivity index (χ3n) is 3.03. The van der Waals surface area contributed by atoms with Gasteiger partial charge in [-0.25, -0.2) is 8.78 Å². The van der Waals surface area contributed by atoms with E-state index in [1.165, 1.54) is 0 Å². The Morgan fingerprint density at radius 2 is 2.12 bits per heavy atom. The molecule has 2 N–H and O–H groups in total. The normalized spacial score (nSPS) is 19.2. The molecule has 1 unspecified atom stereocenters. The number of hydrogen-bond acceptors (Lipinski definition) is 2. The van der Waals surface area contributed by atoms with E-state index in [4.69, 9.17) is 5.73 Å². The smallest absolute Gasteiger partial charge is 0.255 e. The quantitative estimate of drug-likeness (QED) is 0.852. The maximum absolute atomic E-state index is 12.4. The lowest BCUT2D eigenvalue weighted by atomic mass is 9.98. The van der Waals surface area contributed by atoms with Gasteiger partial charge in [-0.15, -0.1) is 0 Å². The molecule has 0 saturated heterocycles. The van der Waals surface area contributed by atoms with Gasteiger partial charge in [-0.3, -0.25) is 0 Å². The fourth-order valence-corrected chi connectivity index (χ4v) is 2.37. The minimum absolute atomic E-state index is 0.182. The molecule has 1 atom stereocenters. The Morgan fingerprint density at radius 3 is 2.81 bits per heavy atom. The highest BCUT2D eigenvalue weighted by molar-refractivity contribution is 5.60. The Bertz CT molecular complexity index is 355. The number of para-hydroxylation sites is 1. The number of hydrogen-bond donors (Lipinski definition) is 1. The molecule has 0 saturated carbocycles. The second-order valence-corrected chi connectivity index (χ2v) is 4.13. The summed E-state index contributed by atoms with van der Waals surface area (Å²) in [6, 6.07) is 7.77. The Balaban J connectivity index is 2.21. The van der Waals surface area contributed by atoms with Crippen LogP contribution in [0.1, 0.15) is 17.9 Å². The number of nitrogens with zero attached hydrogens (tertiary/aromatic N) is 1. The first-order valence-corrected chi connectivity index (χ1v) is 5.54. The van der Waals surface area contributed by atoms with Crippen molar-refractivity contribution in [2.24, 2.45) is 5.73 Å². The molecule has 1 aromatic rings. The first kappa shape index (κ1) is 11.3. The van der Waals surface area contributed by atoms with Crippen molar-refractivity contribution < 1.29 is 8.78 Å². The lowest BCUT2D eigenvalue weighted by Gasteiger charge is -2.19. The van der Waals surface area contributed by atoms with Gasteiger partial charge in [-0.1, -0.05) is 18.2 Å². The monoisotopic (exact) mass is 226 g/mol. The van der Waals surface area contributed by atoms with Crippen LogP contribution in [-0.2, 0) is 0 Å². The fraction of sp³-hybridized carbons (Fsp3) is 0.500. The second-order valence-electron chi connectivity index (χ2n) is 4.13. The van der Waals surface area contributed by atoms with E-state index in [0.29, 0.717) is 19.0 Å². The zero-order valence-corrected chi connectivity index (χ0v) is 9.07. The van der Waals surface area contributed by atoms with Gasteiger partial charge < -0.3 is 10.6 Å². The Labute approximate surface area is 94.0 Å². The lowest BCUT2D eigenvalue weighted by Crippen LogP contribution is -2.28. The minimum atomic E-state index is -2.29. The van der Waals surface area contributed by atoms with Crippen molar-refractivity contribution in [3.05, 3.63) is 29.8 Å². The molecule has 0 aliphatic carbocycles. The number of alkyl halides is 2. The van der Waals surface area contributed by atoms with Crippen molar-refractivity contribution in [3.8, 4) is 0 Å². The van der Waals surface area contributed by atoms with Crippen LogP contribution in [0.4, 0.5) is 14.5 Å². The SMILES string of the molecule is NCCC1CN(CC(F)F)c2ccccc21. The van der Waals surface area contributed by atoms with Gasteiger partial charge in [0.1, 0.15) is 0 Å². The van der Waals surface area contributed by atoms with E-state index in [2.05, 4.69) is 0 Å². The van der Waals surface area contributed by atoms with Crippen molar-refractivity contribution in [3.63, 3.8) is 0 Å². The average Bonchev–Trinajstić information content (AvgIpc) is 2.58. The Hall–Kier alpha value is -1.16. The van der Waals surface area contributed by atoms with Crippen molar-refractivity contribution in [2.45, 2.75) is 18.8 Å². The largest absolute Gasteiger partial charge is 0.365 e. The van der Waals surface area contributed by atoms with E-state index in [0.717, 1.165) is 17.7 Å². The molecule has 0 amide bonds. The molecule has 2 rings (SSSR count). The van der Waals surface area contributed by atoms with Gasteiger partial charge >= 0.3 is 0 Å². The Kier molecular flexibility index (Phi) is 3.39. The zero-order valence-electron chi connectivity index (χ0n) is 9.07. The predicted octanol–water partition coefficient (Wildman–Crippen LogP) is 2.20. The van der Waals surface area contributed by atoms with Crippen LogP contribution in [0.2, 0.25) is 0 Å². The summed E-state index contributed by atoms with van der Waals surface area (Å²) >= 11 is 0. The molecule has 0 bridgehead atoms. The molecular weight excluding hydrogens is 210 g/mol. The van der Waals surface area contributed by atoms with Gasteiger partial charge in [0.2, 0.25) is 0 Å². The molecule has 16 heavy (non-hydrogen) atoms. The van der Waals surface area contributed by atoms with Gasteiger partial charge in [0.05, 0.1) is 6.54 Å². The molecule has 1 aromatic carbocycles. The van der Waals surface area contributed by atoms with Crippen molar-refractivity contribution >= 4 is 5.69 Å². The van der Waals surface area contributed by atoms with Crippen molar-refractivity contribution in [1.82, 2.24) is 0 Å². The number of fused-ring (bicyclic) bond motifs is 1. The molecule has 0 radical (unpaired) electrons. The highest BCUT2D eigenvalue weighted by atomic mass is 19.3.